The lowest BCUT2D eigenvalue weighted by atomic mass is 9.68. The van der Waals surface area contributed by atoms with Gasteiger partial charge in [-0.1, -0.05) is 19.8 Å². The SMILES string of the molecule is CCCC1CCC2(CC1)CC(=O)NC2=O. The van der Waals surface area contributed by atoms with Gasteiger partial charge in [0.05, 0.1) is 5.41 Å². The quantitative estimate of drug-likeness (QED) is 0.707. The van der Waals surface area contributed by atoms with Crippen molar-refractivity contribution in [3.8, 4) is 0 Å². The molecule has 15 heavy (non-hydrogen) atoms. The molecule has 1 aliphatic heterocycles. The highest BCUT2D eigenvalue weighted by Gasteiger charge is 2.47. The molecule has 0 atom stereocenters. The number of amides is 2. The molecule has 0 aromatic rings. The zero-order valence-electron chi connectivity index (χ0n) is 9.34. The molecule has 2 aliphatic rings. The van der Waals surface area contributed by atoms with E-state index in [1.165, 1.54) is 12.8 Å². The molecule has 1 aliphatic carbocycles. The molecule has 3 nitrogen and oxygen atoms in total. The van der Waals surface area contributed by atoms with Crippen molar-refractivity contribution in [3.05, 3.63) is 0 Å². The Morgan fingerprint density at radius 3 is 2.47 bits per heavy atom. The summed E-state index contributed by atoms with van der Waals surface area (Å²) in [7, 11) is 0. The largest absolute Gasteiger partial charge is 0.296 e. The van der Waals surface area contributed by atoms with Crippen LogP contribution in [0.3, 0.4) is 0 Å². The normalized spacial score (nSPS) is 35.9. The number of carbonyl (C=O) groups is 2. The standard InChI is InChI=1S/C12H19NO2/c1-2-3-9-4-6-12(7-5-9)8-10(14)13-11(12)15/h9H,2-8H2,1H3,(H,13,14,15). The van der Waals surface area contributed by atoms with Gasteiger partial charge in [0.25, 0.3) is 0 Å². The second kappa shape index (κ2) is 3.95. The van der Waals surface area contributed by atoms with Crippen LogP contribution in [0.2, 0.25) is 0 Å². The van der Waals surface area contributed by atoms with Crippen molar-refractivity contribution in [2.24, 2.45) is 11.3 Å². The molecular formula is C12H19NO2. The molecule has 1 saturated carbocycles. The summed E-state index contributed by atoms with van der Waals surface area (Å²) in [6, 6.07) is 0. The van der Waals surface area contributed by atoms with Crippen LogP contribution < -0.4 is 5.32 Å². The molecule has 0 aromatic heterocycles. The second-order valence-corrected chi connectivity index (χ2v) is 5.07. The number of rotatable bonds is 2. The maximum absolute atomic E-state index is 11.7. The zero-order valence-corrected chi connectivity index (χ0v) is 9.34. The summed E-state index contributed by atoms with van der Waals surface area (Å²) in [5.74, 6) is 0.695. The van der Waals surface area contributed by atoms with Crippen molar-refractivity contribution in [3.63, 3.8) is 0 Å². The van der Waals surface area contributed by atoms with Gasteiger partial charge in [-0.05, 0) is 31.6 Å². The van der Waals surface area contributed by atoms with E-state index < -0.39 is 0 Å². The molecule has 1 spiro atoms. The molecule has 2 fully saturated rings. The molecule has 1 saturated heterocycles. The summed E-state index contributed by atoms with van der Waals surface area (Å²) in [6.45, 7) is 2.20. The van der Waals surface area contributed by atoms with E-state index in [0.717, 1.165) is 31.6 Å². The first-order valence-corrected chi connectivity index (χ1v) is 6.00. The Bertz CT molecular complexity index is 277. The zero-order chi connectivity index (χ0) is 10.9. The Morgan fingerprint density at radius 1 is 1.33 bits per heavy atom. The van der Waals surface area contributed by atoms with Crippen molar-refractivity contribution in [1.82, 2.24) is 5.32 Å². The van der Waals surface area contributed by atoms with Gasteiger partial charge in [-0.25, -0.2) is 0 Å². The van der Waals surface area contributed by atoms with Crippen LogP contribution in [0.15, 0.2) is 0 Å². The first-order chi connectivity index (χ1) is 7.16. The van der Waals surface area contributed by atoms with Crippen LogP contribution in [0, 0.1) is 11.3 Å². The first kappa shape index (κ1) is 10.7. The fraction of sp³-hybridized carbons (Fsp3) is 0.833. The smallest absolute Gasteiger partial charge is 0.233 e. The summed E-state index contributed by atoms with van der Waals surface area (Å²) < 4.78 is 0. The molecular weight excluding hydrogens is 190 g/mol. The van der Waals surface area contributed by atoms with Gasteiger partial charge in [0.15, 0.2) is 0 Å². The predicted octanol–water partition coefficient (Wildman–Crippen LogP) is 2.01. The third-order valence-corrected chi connectivity index (χ3v) is 3.99. The number of imide groups is 1. The fourth-order valence-corrected chi connectivity index (χ4v) is 3.02. The lowest BCUT2D eigenvalue weighted by molar-refractivity contribution is -0.130. The van der Waals surface area contributed by atoms with Gasteiger partial charge >= 0.3 is 0 Å². The van der Waals surface area contributed by atoms with Crippen LogP contribution in [0.5, 0.6) is 0 Å². The fourth-order valence-electron chi connectivity index (χ4n) is 3.02. The van der Waals surface area contributed by atoms with Gasteiger partial charge in [0, 0.05) is 6.42 Å². The highest BCUT2D eigenvalue weighted by molar-refractivity contribution is 6.05. The number of carbonyl (C=O) groups excluding carboxylic acids is 2. The third-order valence-electron chi connectivity index (χ3n) is 3.99. The maximum atomic E-state index is 11.7. The van der Waals surface area contributed by atoms with Gasteiger partial charge < -0.3 is 0 Å². The Morgan fingerprint density at radius 2 is 2.00 bits per heavy atom. The minimum Gasteiger partial charge on any atom is -0.296 e. The van der Waals surface area contributed by atoms with Crippen LogP contribution >= 0.6 is 0 Å². The van der Waals surface area contributed by atoms with E-state index >= 15 is 0 Å². The van der Waals surface area contributed by atoms with Crippen molar-refractivity contribution >= 4 is 11.8 Å². The molecule has 0 aromatic carbocycles. The van der Waals surface area contributed by atoms with E-state index in [2.05, 4.69) is 12.2 Å². The molecule has 0 bridgehead atoms. The van der Waals surface area contributed by atoms with E-state index in [-0.39, 0.29) is 17.2 Å². The minimum atomic E-state index is -0.318. The molecule has 0 unspecified atom stereocenters. The Labute approximate surface area is 90.6 Å². The average molecular weight is 209 g/mol. The lowest BCUT2D eigenvalue weighted by Gasteiger charge is -2.34. The van der Waals surface area contributed by atoms with Crippen molar-refractivity contribution in [2.45, 2.75) is 51.9 Å². The summed E-state index contributed by atoms with van der Waals surface area (Å²) in [5, 5.41) is 2.45. The molecule has 1 N–H and O–H groups in total. The Kier molecular flexibility index (Phi) is 2.81. The van der Waals surface area contributed by atoms with Crippen molar-refractivity contribution in [1.29, 1.82) is 0 Å². The van der Waals surface area contributed by atoms with E-state index in [1.807, 2.05) is 0 Å². The second-order valence-electron chi connectivity index (χ2n) is 5.07. The Balaban J connectivity index is 1.97. The monoisotopic (exact) mass is 209 g/mol. The minimum absolute atomic E-state index is 0.0116. The van der Waals surface area contributed by atoms with E-state index in [0.29, 0.717) is 6.42 Å². The number of hydrogen-bond donors (Lipinski definition) is 1. The third kappa shape index (κ3) is 1.92. The van der Waals surface area contributed by atoms with Gasteiger partial charge in [-0.15, -0.1) is 0 Å². The van der Waals surface area contributed by atoms with Gasteiger partial charge in [-0.3, -0.25) is 14.9 Å². The van der Waals surface area contributed by atoms with Crippen molar-refractivity contribution < 1.29 is 9.59 Å². The van der Waals surface area contributed by atoms with Gasteiger partial charge in [-0.2, -0.15) is 0 Å². The maximum Gasteiger partial charge on any atom is 0.233 e. The van der Waals surface area contributed by atoms with Crippen molar-refractivity contribution in [2.75, 3.05) is 0 Å². The number of hydrogen-bond acceptors (Lipinski definition) is 2. The highest BCUT2D eigenvalue weighted by atomic mass is 16.2. The molecule has 3 heteroatoms. The molecule has 2 rings (SSSR count). The number of nitrogens with one attached hydrogen (secondary N) is 1. The first-order valence-electron chi connectivity index (χ1n) is 6.00. The summed E-state index contributed by atoms with van der Waals surface area (Å²) >= 11 is 0. The predicted molar refractivity (Wildman–Crippen MR) is 57.1 cm³/mol. The lowest BCUT2D eigenvalue weighted by Crippen LogP contribution is -2.35. The topological polar surface area (TPSA) is 46.2 Å². The average Bonchev–Trinajstić information content (AvgIpc) is 2.47. The summed E-state index contributed by atoms with van der Waals surface area (Å²) in [5.41, 5.74) is -0.318. The van der Waals surface area contributed by atoms with Gasteiger partial charge in [0.1, 0.15) is 0 Å². The van der Waals surface area contributed by atoms with Crippen LogP contribution in [-0.4, -0.2) is 11.8 Å². The van der Waals surface area contributed by atoms with E-state index in [4.69, 9.17) is 0 Å². The van der Waals surface area contributed by atoms with Crippen LogP contribution in [-0.2, 0) is 9.59 Å². The molecule has 2 amide bonds. The van der Waals surface area contributed by atoms with E-state index in [9.17, 15) is 9.59 Å². The highest BCUT2D eigenvalue weighted by Crippen LogP contribution is 2.45. The van der Waals surface area contributed by atoms with Crippen LogP contribution in [0.1, 0.15) is 51.9 Å². The molecule has 84 valence electrons. The summed E-state index contributed by atoms with van der Waals surface area (Å²) in [4.78, 5) is 22.9. The van der Waals surface area contributed by atoms with Gasteiger partial charge in [0.2, 0.25) is 11.8 Å². The van der Waals surface area contributed by atoms with Crippen LogP contribution in [0.25, 0.3) is 0 Å². The summed E-state index contributed by atoms with van der Waals surface area (Å²) in [6.07, 6.45) is 6.99. The van der Waals surface area contributed by atoms with E-state index in [1.54, 1.807) is 0 Å². The molecule has 1 heterocycles. The van der Waals surface area contributed by atoms with Crippen LogP contribution in [0.4, 0.5) is 0 Å². The Hall–Kier alpha value is -0.860. The molecule has 0 radical (unpaired) electrons.